The molecule has 0 N–H and O–H groups in total. The molecule has 0 rings (SSSR count). The Balaban J connectivity index is 4.01. The SMILES string of the molecule is CC/C=C\C/C=C\C/C=C\C/C=C\C/C=C\CCCCCCCCCC(=O)OC(COC(=O)CCCCCCC)COC(=O)CCCCCCCCCCCCCCCCCCCC/C=C\C/C=C\C/C=C\C/C=C\CC. The van der Waals surface area contributed by atoms with Gasteiger partial charge in [0.1, 0.15) is 13.2 Å². The highest BCUT2D eigenvalue weighted by Gasteiger charge is 2.19. The zero-order chi connectivity index (χ0) is 55.7. The molecule has 6 nitrogen and oxygen atoms in total. The van der Waals surface area contributed by atoms with Crippen molar-refractivity contribution in [1.29, 1.82) is 0 Å². The average Bonchev–Trinajstić information content (AvgIpc) is 3.43. The Labute approximate surface area is 476 Å². The minimum atomic E-state index is -0.781. The van der Waals surface area contributed by atoms with Crippen molar-refractivity contribution in [3.05, 3.63) is 109 Å². The number of hydrogen-bond donors (Lipinski definition) is 0. The van der Waals surface area contributed by atoms with Gasteiger partial charge in [-0.1, -0.05) is 291 Å². The fraction of sp³-hybridized carbons (Fsp3) is 0.704. The second kappa shape index (κ2) is 64.6. The lowest BCUT2D eigenvalue weighted by molar-refractivity contribution is -0.167. The molecule has 0 amide bonds. The summed E-state index contributed by atoms with van der Waals surface area (Å²) < 4.78 is 16.8. The van der Waals surface area contributed by atoms with Crippen molar-refractivity contribution < 1.29 is 28.6 Å². The molecule has 0 bridgehead atoms. The molecule has 0 aromatic carbocycles. The van der Waals surface area contributed by atoms with Crippen LogP contribution in [0, 0.1) is 0 Å². The van der Waals surface area contributed by atoms with Crippen LogP contribution in [0.3, 0.4) is 0 Å². The van der Waals surface area contributed by atoms with Gasteiger partial charge in [-0.3, -0.25) is 14.4 Å². The van der Waals surface area contributed by atoms with E-state index in [0.717, 1.165) is 128 Å². The third kappa shape index (κ3) is 62.8. The summed E-state index contributed by atoms with van der Waals surface area (Å²) in [4.78, 5) is 37.9. The molecular formula is C71H120O6. The maximum Gasteiger partial charge on any atom is 0.306 e. The van der Waals surface area contributed by atoms with Crippen LogP contribution in [0.15, 0.2) is 109 Å². The van der Waals surface area contributed by atoms with Crippen molar-refractivity contribution in [3.63, 3.8) is 0 Å². The van der Waals surface area contributed by atoms with Crippen molar-refractivity contribution in [2.24, 2.45) is 0 Å². The zero-order valence-electron chi connectivity index (χ0n) is 50.4. The minimum absolute atomic E-state index is 0.0808. The fourth-order valence-electron chi connectivity index (χ4n) is 8.99. The Hall–Kier alpha value is -3.93. The molecule has 0 heterocycles. The lowest BCUT2D eigenvalue weighted by Crippen LogP contribution is -2.30. The molecule has 0 aliphatic carbocycles. The van der Waals surface area contributed by atoms with Gasteiger partial charge in [0, 0.05) is 19.3 Å². The lowest BCUT2D eigenvalue weighted by Gasteiger charge is -2.18. The van der Waals surface area contributed by atoms with E-state index in [2.05, 4.69) is 130 Å². The third-order valence-electron chi connectivity index (χ3n) is 13.8. The van der Waals surface area contributed by atoms with Crippen LogP contribution in [0.4, 0.5) is 0 Å². The highest BCUT2D eigenvalue weighted by atomic mass is 16.6. The molecule has 0 spiro atoms. The molecule has 0 saturated heterocycles. The van der Waals surface area contributed by atoms with Gasteiger partial charge >= 0.3 is 17.9 Å². The zero-order valence-corrected chi connectivity index (χ0v) is 50.4. The van der Waals surface area contributed by atoms with E-state index in [1.807, 2.05) is 0 Å². The highest BCUT2D eigenvalue weighted by Crippen LogP contribution is 2.17. The van der Waals surface area contributed by atoms with E-state index < -0.39 is 6.10 Å². The van der Waals surface area contributed by atoms with Crippen molar-refractivity contribution in [1.82, 2.24) is 0 Å². The highest BCUT2D eigenvalue weighted by molar-refractivity contribution is 5.71. The summed E-state index contributed by atoms with van der Waals surface area (Å²) in [6, 6.07) is 0. The fourth-order valence-corrected chi connectivity index (χ4v) is 8.99. The number of esters is 3. The normalized spacial score (nSPS) is 12.8. The van der Waals surface area contributed by atoms with E-state index in [9.17, 15) is 14.4 Å². The summed E-state index contributed by atoms with van der Waals surface area (Å²) in [6.07, 6.45) is 88.7. The molecule has 0 aliphatic rings. The molecular weight excluding hydrogens is 949 g/mol. The third-order valence-corrected chi connectivity index (χ3v) is 13.8. The van der Waals surface area contributed by atoms with E-state index in [0.29, 0.717) is 19.3 Å². The van der Waals surface area contributed by atoms with Crippen LogP contribution in [0.1, 0.15) is 303 Å². The van der Waals surface area contributed by atoms with Gasteiger partial charge in [0.25, 0.3) is 0 Å². The Morgan fingerprint density at radius 2 is 0.506 bits per heavy atom. The molecule has 0 saturated carbocycles. The summed E-state index contributed by atoms with van der Waals surface area (Å²) in [7, 11) is 0. The molecule has 0 fully saturated rings. The first-order valence-electron chi connectivity index (χ1n) is 32.4. The first kappa shape index (κ1) is 73.1. The summed E-state index contributed by atoms with van der Waals surface area (Å²) in [5, 5.41) is 0. The van der Waals surface area contributed by atoms with Crippen molar-refractivity contribution in [3.8, 4) is 0 Å². The van der Waals surface area contributed by atoms with Gasteiger partial charge in [0.15, 0.2) is 6.10 Å². The van der Waals surface area contributed by atoms with Crippen LogP contribution in [-0.2, 0) is 28.6 Å². The maximum atomic E-state index is 12.8. The monoisotopic (exact) mass is 1070 g/mol. The number of hydrogen-bond acceptors (Lipinski definition) is 6. The molecule has 1 atom stereocenters. The van der Waals surface area contributed by atoms with Gasteiger partial charge in [-0.2, -0.15) is 0 Å². The molecule has 440 valence electrons. The number of carbonyl (C=O) groups is 3. The minimum Gasteiger partial charge on any atom is -0.462 e. The van der Waals surface area contributed by atoms with Gasteiger partial charge < -0.3 is 14.2 Å². The number of ether oxygens (including phenoxy) is 3. The van der Waals surface area contributed by atoms with Crippen molar-refractivity contribution >= 4 is 17.9 Å². The summed E-state index contributed by atoms with van der Waals surface area (Å²) in [6.45, 7) is 6.34. The van der Waals surface area contributed by atoms with Gasteiger partial charge in [0.05, 0.1) is 0 Å². The molecule has 0 aliphatic heterocycles. The predicted molar refractivity (Wildman–Crippen MR) is 334 cm³/mol. The van der Waals surface area contributed by atoms with Gasteiger partial charge in [-0.05, 0) is 103 Å². The van der Waals surface area contributed by atoms with E-state index in [-0.39, 0.29) is 31.1 Å². The smallest absolute Gasteiger partial charge is 0.306 e. The molecule has 0 aromatic rings. The van der Waals surface area contributed by atoms with Gasteiger partial charge in [0.2, 0.25) is 0 Å². The number of allylic oxidation sites excluding steroid dienone is 18. The van der Waals surface area contributed by atoms with E-state index in [1.165, 1.54) is 135 Å². The van der Waals surface area contributed by atoms with Gasteiger partial charge in [-0.15, -0.1) is 0 Å². The Kier molecular flexibility index (Phi) is 61.3. The standard InChI is InChI=1S/C71H120O6/c1-4-7-10-13-15-17-19-21-23-25-27-29-31-32-33-34-35-36-37-38-40-41-43-45-47-49-51-53-55-58-61-64-70(73)76-67-68(66-75-69(72)63-60-57-12-9-6-3)77-71(74)65-62-59-56-54-52-50-48-46-44-42-39-30-28-26-24-22-20-18-16-14-11-8-5-2/h7-8,10-11,15-18,21-24,27-30,42,44,68H,4-6,9,12-14,19-20,25-26,31-41,43,45-67H2,1-3H3/b10-7-,11-8-,17-15-,18-16-,23-21-,24-22-,29-27-,30-28-,44-42-. The van der Waals surface area contributed by atoms with Crippen LogP contribution in [0.25, 0.3) is 0 Å². The summed E-state index contributed by atoms with van der Waals surface area (Å²) in [5.41, 5.74) is 0. The Bertz CT molecular complexity index is 1560. The van der Waals surface area contributed by atoms with E-state index in [4.69, 9.17) is 14.2 Å². The molecule has 6 heteroatoms. The summed E-state index contributed by atoms with van der Waals surface area (Å²) >= 11 is 0. The predicted octanol–water partition coefficient (Wildman–Crippen LogP) is 22.2. The number of unbranched alkanes of at least 4 members (excludes halogenated alkanes) is 29. The van der Waals surface area contributed by atoms with Crippen molar-refractivity contribution in [2.75, 3.05) is 13.2 Å². The molecule has 0 aromatic heterocycles. The number of carbonyl (C=O) groups excluding carboxylic acids is 3. The second-order valence-corrected chi connectivity index (χ2v) is 21.3. The first-order chi connectivity index (χ1) is 38.0. The quantitative estimate of drug-likeness (QED) is 0.0261. The van der Waals surface area contributed by atoms with Crippen LogP contribution < -0.4 is 0 Å². The summed E-state index contributed by atoms with van der Waals surface area (Å²) in [5.74, 6) is -0.898. The van der Waals surface area contributed by atoms with Crippen LogP contribution in [0.5, 0.6) is 0 Å². The van der Waals surface area contributed by atoms with E-state index in [1.54, 1.807) is 0 Å². The van der Waals surface area contributed by atoms with Crippen LogP contribution in [-0.4, -0.2) is 37.2 Å². The molecule has 77 heavy (non-hydrogen) atoms. The van der Waals surface area contributed by atoms with Crippen LogP contribution >= 0.6 is 0 Å². The maximum absolute atomic E-state index is 12.8. The average molecular weight is 1070 g/mol. The Morgan fingerprint density at radius 3 is 0.792 bits per heavy atom. The largest absolute Gasteiger partial charge is 0.462 e. The van der Waals surface area contributed by atoms with Crippen LogP contribution in [0.2, 0.25) is 0 Å². The topological polar surface area (TPSA) is 78.9 Å². The lowest BCUT2D eigenvalue weighted by atomic mass is 10.0. The Morgan fingerprint density at radius 1 is 0.273 bits per heavy atom. The van der Waals surface area contributed by atoms with Gasteiger partial charge in [-0.25, -0.2) is 0 Å². The van der Waals surface area contributed by atoms with Crippen molar-refractivity contribution in [2.45, 2.75) is 309 Å². The van der Waals surface area contributed by atoms with E-state index >= 15 is 0 Å². The first-order valence-corrected chi connectivity index (χ1v) is 32.4. The molecule has 1 unspecified atom stereocenters. The second-order valence-electron chi connectivity index (χ2n) is 21.3. The number of rotatable bonds is 58. The molecule has 0 radical (unpaired) electrons.